The number of benzene rings is 2. The van der Waals surface area contributed by atoms with Gasteiger partial charge in [-0.05, 0) is 24.6 Å². The summed E-state index contributed by atoms with van der Waals surface area (Å²) in [6.07, 6.45) is 0. The summed E-state index contributed by atoms with van der Waals surface area (Å²) in [7, 11) is 3.15. The predicted molar refractivity (Wildman–Crippen MR) is 75.5 cm³/mol. The minimum atomic E-state index is 0.484. The number of hydrogen-bond acceptors (Lipinski definition) is 4. The largest absolute Gasteiger partial charge is 0.496 e. The van der Waals surface area contributed by atoms with Gasteiger partial charge in [0.2, 0.25) is 0 Å². The summed E-state index contributed by atoms with van der Waals surface area (Å²) in [4.78, 5) is 0. The number of methoxy groups -OCH3 is 2. The van der Waals surface area contributed by atoms with Crippen LogP contribution < -0.4 is 14.2 Å². The van der Waals surface area contributed by atoms with Gasteiger partial charge in [-0.25, -0.2) is 0 Å². The Labute approximate surface area is 118 Å². The molecule has 4 heteroatoms. The fourth-order valence-corrected chi connectivity index (χ4v) is 1.77. The predicted octanol–water partition coefficient (Wildman–Crippen LogP) is 3.68. The van der Waals surface area contributed by atoms with Gasteiger partial charge in [0.15, 0.2) is 0 Å². The normalized spacial score (nSPS) is 9.70. The molecule has 0 radical (unpaired) electrons. The molecule has 0 atom stereocenters. The van der Waals surface area contributed by atoms with Gasteiger partial charge < -0.3 is 14.2 Å². The summed E-state index contributed by atoms with van der Waals surface area (Å²) in [5, 5.41) is 9.11. The Kier molecular flexibility index (Phi) is 4.11. The summed E-state index contributed by atoms with van der Waals surface area (Å²) in [5.74, 6) is 2.34. The molecule has 4 nitrogen and oxygen atoms in total. The maximum Gasteiger partial charge on any atom is 0.145 e. The fraction of sp³-hybridized carbons (Fsp3) is 0.188. The van der Waals surface area contributed by atoms with E-state index in [-0.39, 0.29) is 0 Å². The van der Waals surface area contributed by atoms with Gasteiger partial charge in [0, 0.05) is 18.2 Å². The first-order valence-corrected chi connectivity index (χ1v) is 6.08. The minimum Gasteiger partial charge on any atom is -0.496 e. The summed E-state index contributed by atoms with van der Waals surface area (Å²) in [5.41, 5.74) is 1.51. The molecule has 0 spiro atoms. The van der Waals surface area contributed by atoms with E-state index < -0.39 is 0 Å². The molecule has 102 valence electrons. The van der Waals surface area contributed by atoms with Crippen LogP contribution in [-0.2, 0) is 0 Å². The third kappa shape index (κ3) is 3.01. The molecule has 0 aromatic heterocycles. The maximum atomic E-state index is 9.11. The summed E-state index contributed by atoms with van der Waals surface area (Å²) in [6, 6.07) is 12.8. The van der Waals surface area contributed by atoms with Crippen molar-refractivity contribution in [2.75, 3.05) is 14.2 Å². The molecule has 2 aromatic rings. The van der Waals surface area contributed by atoms with E-state index in [4.69, 9.17) is 19.5 Å². The highest BCUT2D eigenvalue weighted by molar-refractivity contribution is 5.49. The first-order chi connectivity index (χ1) is 9.66. The Morgan fingerprint density at radius 1 is 0.900 bits per heavy atom. The maximum absolute atomic E-state index is 9.11. The van der Waals surface area contributed by atoms with Gasteiger partial charge in [0.05, 0.1) is 19.8 Å². The van der Waals surface area contributed by atoms with E-state index in [0.717, 1.165) is 5.56 Å². The van der Waals surface area contributed by atoms with E-state index in [1.54, 1.807) is 38.5 Å². The van der Waals surface area contributed by atoms with Crippen LogP contribution in [0.2, 0.25) is 0 Å². The van der Waals surface area contributed by atoms with Crippen molar-refractivity contribution >= 4 is 0 Å². The average Bonchev–Trinajstić information content (AvgIpc) is 2.47. The van der Waals surface area contributed by atoms with Gasteiger partial charge in [0.1, 0.15) is 29.1 Å². The minimum absolute atomic E-state index is 0.484. The Hall–Kier alpha value is -2.67. The first-order valence-electron chi connectivity index (χ1n) is 6.08. The van der Waals surface area contributed by atoms with Gasteiger partial charge in [-0.2, -0.15) is 5.26 Å². The number of aryl methyl sites for hydroxylation is 1. The summed E-state index contributed by atoms with van der Waals surface area (Å²) < 4.78 is 16.2. The Morgan fingerprint density at radius 2 is 1.50 bits per heavy atom. The molecule has 0 aliphatic heterocycles. The van der Waals surface area contributed by atoms with Crippen molar-refractivity contribution in [1.29, 1.82) is 5.26 Å². The summed E-state index contributed by atoms with van der Waals surface area (Å²) in [6.45, 7) is 1.94. The Bertz CT molecular complexity index is 637. The van der Waals surface area contributed by atoms with Crippen LogP contribution in [0.4, 0.5) is 0 Å². The second-order valence-electron chi connectivity index (χ2n) is 4.26. The van der Waals surface area contributed by atoms with Crippen LogP contribution in [0.25, 0.3) is 0 Å². The van der Waals surface area contributed by atoms with Gasteiger partial charge in [-0.1, -0.05) is 6.07 Å². The van der Waals surface area contributed by atoms with Crippen molar-refractivity contribution in [1.82, 2.24) is 0 Å². The van der Waals surface area contributed by atoms with E-state index in [1.165, 1.54) is 0 Å². The Balaban J connectivity index is 2.39. The number of nitrogens with zero attached hydrogens (tertiary/aromatic N) is 1. The lowest BCUT2D eigenvalue weighted by molar-refractivity contribution is 0.386. The Morgan fingerprint density at radius 3 is 2.05 bits per heavy atom. The molecule has 0 aliphatic rings. The van der Waals surface area contributed by atoms with E-state index >= 15 is 0 Å². The second-order valence-corrected chi connectivity index (χ2v) is 4.26. The number of nitriles is 1. The molecule has 0 unspecified atom stereocenters. The molecule has 0 saturated heterocycles. The molecule has 0 bridgehead atoms. The molecule has 0 heterocycles. The van der Waals surface area contributed by atoms with E-state index in [9.17, 15) is 0 Å². The molecule has 0 aliphatic carbocycles. The van der Waals surface area contributed by atoms with E-state index in [1.807, 2.05) is 19.1 Å². The van der Waals surface area contributed by atoms with E-state index in [2.05, 4.69) is 6.07 Å². The van der Waals surface area contributed by atoms with Crippen LogP contribution in [-0.4, -0.2) is 14.2 Å². The molecule has 0 saturated carbocycles. The highest BCUT2D eigenvalue weighted by Gasteiger charge is 2.08. The van der Waals surface area contributed by atoms with Crippen LogP contribution in [0.3, 0.4) is 0 Å². The van der Waals surface area contributed by atoms with Gasteiger partial charge in [-0.15, -0.1) is 0 Å². The zero-order chi connectivity index (χ0) is 14.5. The third-order valence-electron chi connectivity index (χ3n) is 2.81. The van der Waals surface area contributed by atoms with Crippen molar-refractivity contribution in [2.24, 2.45) is 0 Å². The van der Waals surface area contributed by atoms with E-state index in [0.29, 0.717) is 28.6 Å². The van der Waals surface area contributed by atoms with Gasteiger partial charge >= 0.3 is 0 Å². The third-order valence-corrected chi connectivity index (χ3v) is 2.81. The van der Waals surface area contributed by atoms with Crippen molar-refractivity contribution in [3.05, 3.63) is 47.5 Å². The van der Waals surface area contributed by atoms with Crippen molar-refractivity contribution in [3.8, 4) is 29.1 Å². The molecule has 0 N–H and O–H groups in total. The zero-order valence-corrected chi connectivity index (χ0v) is 11.6. The first kappa shape index (κ1) is 13.8. The SMILES string of the molecule is COc1cc(OC)cc(Oc2cc(C)ccc2C#N)c1. The smallest absolute Gasteiger partial charge is 0.145 e. The molecular weight excluding hydrogens is 254 g/mol. The van der Waals surface area contributed by atoms with Crippen LogP contribution in [0.1, 0.15) is 11.1 Å². The lowest BCUT2D eigenvalue weighted by atomic mass is 10.1. The number of hydrogen-bond donors (Lipinski definition) is 0. The van der Waals surface area contributed by atoms with Crippen molar-refractivity contribution < 1.29 is 14.2 Å². The standard InChI is InChI=1S/C16H15NO3/c1-11-4-5-12(10-17)16(6-11)20-15-8-13(18-2)7-14(9-15)19-3/h4-9H,1-3H3. The monoisotopic (exact) mass is 269 g/mol. The highest BCUT2D eigenvalue weighted by Crippen LogP contribution is 2.32. The van der Waals surface area contributed by atoms with Gasteiger partial charge in [0.25, 0.3) is 0 Å². The van der Waals surface area contributed by atoms with Gasteiger partial charge in [-0.3, -0.25) is 0 Å². The van der Waals surface area contributed by atoms with Crippen LogP contribution in [0.5, 0.6) is 23.0 Å². The fourth-order valence-electron chi connectivity index (χ4n) is 1.77. The molecule has 2 rings (SSSR count). The van der Waals surface area contributed by atoms with Crippen LogP contribution >= 0.6 is 0 Å². The van der Waals surface area contributed by atoms with Crippen LogP contribution in [0, 0.1) is 18.3 Å². The topological polar surface area (TPSA) is 51.5 Å². The highest BCUT2D eigenvalue weighted by atomic mass is 16.5. The second kappa shape index (κ2) is 5.98. The molecule has 0 amide bonds. The number of rotatable bonds is 4. The molecule has 2 aromatic carbocycles. The van der Waals surface area contributed by atoms with Crippen LogP contribution in [0.15, 0.2) is 36.4 Å². The average molecular weight is 269 g/mol. The molecular formula is C16H15NO3. The quantitative estimate of drug-likeness (QED) is 0.849. The molecule has 20 heavy (non-hydrogen) atoms. The van der Waals surface area contributed by atoms with Crippen molar-refractivity contribution in [3.63, 3.8) is 0 Å². The summed E-state index contributed by atoms with van der Waals surface area (Å²) >= 11 is 0. The lowest BCUT2D eigenvalue weighted by Crippen LogP contribution is -1.92. The lowest BCUT2D eigenvalue weighted by Gasteiger charge is -2.11. The van der Waals surface area contributed by atoms with Crippen molar-refractivity contribution in [2.45, 2.75) is 6.92 Å². The molecule has 0 fully saturated rings. The zero-order valence-electron chi connectivity index (χ0n) is 11.6. The number of ether oxygens (including phenoxy) is 3.